The lowest BCUT2D eigenvalue weighted by atomic mass is 10.0. The van der Waals surface area contributed by atoms with Crippen LogP contribution in [-0.2, 0) is 18.4 Å². The molecule has 0 spiro atoms. The van der Waals surface area contributed by atoms with Crippen molar-refractivity contribution in [2.24, 2.45) is 0 Å². The van der Waals surface area contributed by atoms with Gasteiger partial charge >= 0.3 is 7.82 Å². The Balaban J connectivity index is 4.09. The summed E-state index contributed by atoms with van der Waals surface area (Å²) < 4.78 is 23.7. The first-order valence-corrected chi connectivity index (χ1v) is 30.2. The van der Waals surface area contributed by atoms with Gasteiger partial charge in [-0.3, -0.25) is 13.8 Å². The molecule has 0 fully saturated rings. The molecule has 0 bridgehead atoms. The molecule has 0 rings (SSSR count). The number of aliphatic hydroxyl groups is 1. The van der Waals surface area contributed by atoms with Crippen molar-refractivity contribution >= 4 is 13.7 Å². The Bertz CT molecular complexity index is 1130. The molecule has 0 aliphatic rings. The van der Waals surface area contributed by atoms with E-state index in [1.54, 1.807) is 6.08 Å². The van der Waals surface area contributed by atoms with Gasteiger partial charge in [-0.25, -0.2) is 4.57 Å². The number of phosphoric acid groups is 1. The lowest BCUT2D eigenvalue weighted by Gasteiger charge is -2.25. The van der Waals surface area contributed by atoms with Gasteiger partial charge in [-0.05, 0) is 32.1 Å². The molecular weight excluding hydrogens is 840 g/mol. The third kappa shape index (κ3) is 50.8. The second kappa shape index (κ2) is 49.0. The van der Waals surface area contributed by atoms with Crippen LogP contribution in [0.15, 0.2) is 24.3 Å². The van der Waals surface area contributed by atoms with Gasteiger partial charge in [0, 0.05) is 6.42 Å². The fourth-order valence-corrected chi connectivity index (χ4v) is 9.38. The summed E-state index contributed by atoms with van der Waals surface area (Å²) in [7, 11) is 1.57. The number of rotatable bonds is 53. The maximum atomic E-state index is 13.0. The minimum Gasteiger partial charge on any atom is -0.387 e. The minimum absolute atomic E-state index is 0.0586. The van der Waals surface area contributed by atoms with Crippen LogP contribution in [0.5, 0.6) is 0 Å². The van der Waals surface area contributed by atoms with Gasteiger partial charge in [0.25, 0.3) is 0 Å². The molecule has 0 saturated heterocycles. The SMILES string of the molecule is CCCCCCCCCCC/C=C/CC/C=C/C(O)C(COP(=O)(O)OCC[N+](C)(C)C)NC(=O)CCCCCCCCCCCCCCCCCCCCCCCCCCCCCCC. The summed E-state index contributed by atoms with van der Waals surface area (Å²) in [6, 6.07) is -0.859. The van der Waals surface area contributed by atoms with Crippen molar-refractivity contribution in [1.29, 1.82) is 0 Å². The number of hydrogen-bond acceptors (Lipinski definition) is 5. The zero-order valence-corrected chi connectivity index (χ0v) is 45.6. The number of likely N-dealkylation sites (N-methyl/N-ethyl adjacent to an activating group) is 1. The molecule has 392 valence electrons. The lowest BCUT2D eigenvalue weighted by molar-refractivity contribution is -0.870. The van der Waals surface area contributed by atoms with Crippen molar-refractivity contribution in [3.63, 3.8) is 0 Å². The first-order valence-electron chi connectivity index (χ1n) is 28.7. The van der Waals surface area contributed by atoms with Crippen LogP contribution in [-0.4, -0.2) is 73.4 Å². The molecule has 0 aromatic rings. The van der Waals surface area contributed by atoms with Gasteiger partial charge in [-0.2, -0.15) is 0 Å². The molecule has 3 unspecified atom stereocenters. The van der Waals surface area contributed by atoms with Gasteiger partial charge in [-0.15, -0.1) is 0 Å². The molecule has 0 saturated carbocycles. The fourth-order valence-electron chi connectivity index (χ4n) is 8.65. The molecule has 8 nitrogen and oxygen atoms in total. The molecule has 0 heterocycles. The van der Waals surface area contributed by atoms with E-state index >= 15 is 0 Å². The van der Waals surface area contributed by atoms with Crippen LogP contribution in [0.3, 0.4) is 0 Å². The Morgan fingerprint density at radius 3 is 1.21 bits per heavy atom. The minimum atomic E-state index is -4.35. The second-order valence-electron chi connectivity index (χ2n) is 21.0. The highest BCUT2D eigenvalue weighted by atomic mass is 31.2. The van der Waals surface area contributed by atoms with Crippen molar-refractivity contribution in [3.05, 3.63) is 24.3 Å². The second-order valence-corrected chi connectivity index (χ2v) is 22.5. The Labute approximate surface area is 411 Å². The quantitative estimate of drug-likeness (QED) is 0.0243. The van der Waals surface area contributed by atoms with Gasteiger partial charge in [0.05, 0.1) is 39.9 Å². The summed E-state index contributed by atoms with van der Waals surface area (Å²) in [6.45, 7) is 4.83. The number of phosphoric ester groups is 1. The topological polar surface area (TPSA) is 105 Å². The van der Waals surface area contributed by atoms with Gasteiger partial charge in [0.2, 0.25) is 5.91 Å². The fraction of sp³-hybridized carbons (Fsp3) is 0.912. The Morgan fingerprint density at radius 1 is 0.500 bits per heavy atom. The van der Waals surface area contributed by atoms with Gasteiger partial charge in [0.15, 0.2) is 0 Å². The van der Waals surface area contributed by atoms with E-state index in [0.29, 0.717) is 17.4 Å². The first kappa shape index (κ1) is 65.0. The predicted molar refractivity (Wildman–Crippen MR) is 286 cm³/mol. The van der Waals surface area contributed by atoms with Crippen LogP contribution < -0.4 is 5.32 Å². The number of amides is 1. The third-order valence-electron chi connectivity index (χ3n) is 13.2. The van der Waals surface area contributed by atoms with Crippen LogP contribution in [0.2, 0.25) is 0 Å². The van der Waals surface area contributed by atoms with E-state index in [2.05, 4.69) is 31.3 Å². The number of aliphatic hydroxyl groups excluding tert-OH is 1. The van der Waals surface area contributed by atoms with Crippen LogP contribution in [0.1, 0.15) is 284 Å². The number of carbonyl (C=O) groups is 1. The molecule has 1 amide bonds. The van der Waals surface area contributed by atoms with Crippen molar-refractivity contribution in [1.82, 2.24) is 5.32 Å². The zero-order chi connectivity index (χ0) is 48.5. The number of nitrogens with one attached hydrogen (secondary N) is 1. The monoisotopic (exact) mass is 954 g/mol. The molecule has 0 aromatic heterocycles. The van der Waals surface area contributed by atoms with Crippen LogP contribution in [0, 0.1) is 0 Å². The molecule has 66 heavy (non-hydrogen) atoms. The van der Waals surface area contributed by atoms with Crippen molar-refractivity contribution < 1.29 is 32.9 Å². The Kier molecular flexibility index (Phi) is 48.2. The number of allylic oxidation sites excluding steroid dienone is 3. The third-order valence-corrected chi connectivity index (χ3v) is 14.2. The number of nitrogens with zero attached hydrogens (tertiary/aromatic N) is 1. The molecule has 0 aliphatic carbocycles. The summed E-state index contributed by atoms with van der Waals surface area (Å²) in [5.41, 5.74) is 0. The van der Waals surface area contributed by atoms with Crippen LogP contribution in [0.4, 0.5) is 0 Å². The summed E-state index contributed by atoms with van der Waals surface area (Å²) >= 11 is 0. The maximum absolute atomic E-state index is 13.0. The maximum Gasteiger partial charge on any atom is 0.472 e. The van der Waals surface area contributed by atoms with Crippen LogP contribution >= 0.6 is 7.82 Å². The molecule has 3 N–H and O–H groups in total. The number of hydrogen-bond donors (Lipinski definition) is 3. The van der Waals surface area contributed by atoms with Gasteiger partial charge in [0.1, 0.15) is 13.2 Å². The normalized spacial score (nSPS) is 14.1. The molecule has 0 aliphatic heterocycles. The summed E-state index contributed by atoms with van der Waals surface area (Å²) in [5, 5.41) is 13.9. The van der Waals surface area contributed by atoms with Gasteiger partial charge < -0.3 is 19.8 Å². The first-order chi connectivity index (χ1) is 32.0. The molecule has 0 radical (unpaired) electrons. The van der Waals surface area contributed by atoms with Crippen LogP contribution in [0.25, 0.3) is 0 Å². The van der Waals surface area contributed by atoms with Crippen molar-refractivity contribution in [2.45, 2.75) is 296 Å². The zero-order valence-electron chi connectivity index (χ0n) is 44.7. The number of unbranched alkanes of at least 4 members (excludes halogenated alkanes) is 38. The van der Waals surface area contributed by atoms with E-state index in [0.717, 1.165) is 38.5 Å². The number of quaternary nitrogens is 1. The highest BCUT2D eigenvalue weighted by molar-refractivity contribution is 7.47. The van der Waals surface area contributed by atoms with Crippen molar-refractivity contribution in [2.75, 3.05) is 40.9 Å². The smallest absolute Gasteiger partial charge is 0.387 e. The molecule has 0 aromatic carbocycles. The van der Waals surface area contributed by atoms with Crippen molar-refractivity contribution in [3.8, 4) is 0 Å². The largest absolute Gasteiger partial charge is 0.472 e. The lowest BCUT2D eigenvalue weighted by Crippen LogP contribution is -2.45. The Morgan fingerprint density at radius 2 is 0.833 bits per heavy atom. The van der Waals surface area contributed by atoms with E-state index < -0.39 is 20.0 Å². The standard InChI is InChI=1S/C57H113N2O6P/c1-6-8-10-12-14-16-18-20-22-23-24-25-26-27-28-29-30-31-32-33-34-35-37-39-41-43-45-47-49-51-57(61)58-55(54-65-66(62,63)64-53-52-59(3,4)5)56(60)50-48-46-44-42-40-38-36-21-19-17-15-13-11-9-7-2/h40,42,48,50,55-56,60H,6-39,41,43-47,49,51-54H2,1-5H3,(H-,58,61,62,63)/p+1/b42-40+,50-48+. The highest BCUT2D eigenvalue weighted by Gasteiger charge is 2.27. The highest BCUT2D eigenvalue weighted by Crippen LogP contribution is 2.43. The number of carbonyl (C=O) groups excluding carboxylic acids is 1. The predicted octanol–water partition coefficient (Wildman–Crippen LogP) is 17.2. The summed E-state index contributed by atoms with van der Waals surface area (Å²) in [5.74, 6) is -0.181. The van der Waals surface area contributed by atoms with E-state index in [4.69, 9.17) is 9.05 Å². The van der Waals surface area contributed by atoms with E-state index in [9.17, 15) is 19.4 Å². The molecular formula is C57H114N2O6P+. The van der Waals surface area contributed by atoms with Gasteiger partial charge in [-0.1, -0.05) is 269 Å². The van der Waals surface area contributed by atoms with E-state index in [1.807, 2.05) is 27.2 Å². The summed E-state index contributed by atoms with van der Waals surface area (Å²) in [4.78, 5) is 23.3. The summed E-state index contributed by atoms with van der Waals surface area (Å²) in [6.07, 6.45) is 61.5. The Hall–Kier alpha value is -1.02. The van der Waals surface area contributed by atoms with E-state index in [-0.39, 0.29) is 19.1 Å². The van der Waals surface area contributed by atoms with E-state index in [1.165, 1.54) is 225 Å². The molecule has 3 atom stereocenters. The average molecular weight is 955 g/mol. The molecule has 9 heteroatoms. The average Bonchev–Trinajstić information content (AvgIpc) is 3.28.